The van der Waals surface area contributed by atoms with Crippen molar-refractivity contribution in [2.45, 2.75) is 25.8 Å². The second kappa shape index (κ2) is 6.09. The van der Waals surface area contributed by atoms with Gasteiger partial charge in [0.25, 0.3) is 5.91 Å². The van der Waals surface area contributed by atoms with Gasteiger partial charge in [-0.3, -0.25) is 14.7 Å². The number of carbonyl (C=O) groups excluding carboxylic acids is 2. The minimum atomic E-state index is -0.231. The molecule has 2 aliphatic rings. The molecule has 1 fully saturated rings. The van der Waals surface area contributed by atoms with Gasteiger partial charge in [0.2, 0.25) is 5.91 Å². The second-order valence-corrected chi connectivity index (χ2v) is 6.25. The summed E-state index contributed by atoms with van der Waals surface area (Å²) in [6.07, 6.45) is 2.80. The predicted molar refractivity (Wildman–Crippen MR) is 89.7 cm³/mol. The van der Waals surface area contributed by atoms with E-state index in [9.17, 15) is 9.59 Å². The molecule has 1 saturated carbocycles. The standard InChI is InChI=1S/C17H19N5O2/c23-16(10-1-2-10)19-11-3-5-12(6-4-11)20-17(24)15-13-9-18-8-7-14(13)21-22-15/h3-6,10,18H,1-2,7-9H2,(H,19,23)(H,20,24)(H,21,22). The monoisotopic (exact) mass is 325 g/mol. The number of aromatic nitrogens is 2. The summed E-state index contributed by atoms with van der Waals surface area (Å²) in [6, 6.07) is 7.13. The summed E-state index contributed by atoms with van der Waals surface area (Å²) in [5, 5.41) is 16.1. The number of anilines is 2. The summed E-state index contributed by atoms with van der Waals surface area (Å²) in [5.74, 6) is 0.0113. The number of rotatable bonds is 4. The summed E-state index contributed by atoms with van der Waals surface area (Å²) in [6.45, 7) is 1.55. The van der Waals surface area contributed by atoms with Crippen molar-refractivity contribution in [3.63, 3.8) is 0 Å². The molecule has 0 radical (unpaired) electrons. The number of carbonyl (C=O) groups is 2. The first-order valence-corrected chi connectivity index (χ1v) is 8.20. The number of benzene rings is 1. The molecule has 7 nitrogen and oxygen atoms in total. The van der Waals surface area contributed by atoms with Crippen molar-refractivity contribution in [3.8, 4) is 0 Å². The van der Waals surface area contributed by atoms with Crippen LogP contribution in [-0.2, 0) is 17.8 Å². The van der Waals surface area contributed by atoms with Crippen LogP contribution in [0.5, 0.6) is 0 Å². The average Bonchev–Trinajstić information content (AvgIpc) is 3.36. The molecular formula is C17H19N5O2. The number of amides is 2. The van der Waals surface area contributed by atoms with E-state index >= 15 is 0 Å². The van der Waals surface area contributed by atoms with Gasteiger partial charge < -0.3 is 16.0 Å². The molecule has 1 aromatic heterocycles. The molecule has 0 spiro atoms. The first-order chi connectivity index (χ1) is 11.7. The molecule has 2 amide bonds. The molecule has 2 heterocycles. The highest BCUT2D eigenvalue weighted by Crippen LogP contribution is 2.30. The normalized spacial score (nSPS) is 16.3. The molecule has 2 aromatic rings. The molecule has 1 aliphatic heterocycles. The van der Waals surface area contributed by atoms with Gasteiger partial charge in [-0.05, 0) is 37.1 Å². The zero-order valence-electron chi connectivity index (χ0n) is 13.2. The van der Waals surface area contributed by atoms with Gasteiger partial charge in [-0.1, -0.05) is 0 Å². The van der Waals surface area contributed by atoms with Crippen LogP contribution in [0.25, 0.3) is 0 Å². The van der Waals surface area contributed by atoms with E-state index in [4.69, 9.17) is 0 Å². The highest BCUT2D eigenvalue weighted by atomic mass is 16.2. The third kappa shape index (κ3) is 3.03. The molecule has 0 bridgehead atoms. The maximum absolute atomic E-state index is 12.4. The van der Waals surface area contributed by atoms with E-state index in [0.717, 1.165) is 42.8 Å². The van der Waals surface area contributed by atoms with Crippen molar-refractivity contribution in [3.05, 3.63) is 41.2 Å². The zero-order valence-corrected chi connectivity index (χ0v) is 13.2. The van der Waals surface area contributed by atoms with Crippen molar-refractivity contribution in [2.75, 3.05) is 17.2 Å². The Morgan fingerprint density at radius 1 is 1.08 bits per heavy atom. The quantitative estimate of drug-likeness (QED) is 0.687. The Kier molecular flexibility index (Phi) is 3.78. The molecule has 7 heteroatoms. The smallest absolute Gasteiger partial charge is 0.276 e. The molecule has 0 saturated heterocycles. The van der Waals surface area contributed by atoms with Crippen molar-refractivity contribution in [2.24, 2.45) is 5.92 Å². The Hall–Kier alpha value is -2.67. The summed E-state index contributed by atoms with van der Waals surface area (Å²) < 4.78 is 0. The number of fused-ring (bicyclic) bond motifs is 1. The zero-order chi connectivity index (χ0) is 16.5. The molecule has 0 atom stereocenters. The van der Waals surface area contributed by atoms with Crippen LogP contribution in [0.2, 0.25) is 0 Å². The number of aromatic amines is 1. The van der Waals surface area contributed by atoms with Gasteiger partial charge in [-0.25, -0.2) is 0 Å². The first-order valence-electron chi connectivity index (χ1n) is 8.20. The molecule has 1 aliphatic carbocycles. The van der Waals surface area contributed by atoms with Gasteiger partial charge >= 0.3 is 0 Å². The number of H-pyrrole nitrogens is 1. The van der Waals surface area contributed by atoms with Crippen molar-refractivity contribution in [1.29, 1.82) is 0 Å². The highest BCUT2D eigenvalue weighted by molar-refractivity contribution is 6.04. The van der Waals surface area contributed by atoms with E-state index in [2.05, 4.69) is 26.1 Å². The van der Waals surface area contributed by atoms with Crippen LogP contribution >= 0.6 is 0 Å². The van der Waals surface area contributed by atoms with E-state index in [1.807, 2.05) is 0 Å². The third-order valence-electron chi connectivity index (χ3n) is 4.38. The van der Waals surface area contributed by atoms with E-state index in [-0.39, 0.29) is 17.7 Å². The molecular weight excluding hydrogens is 306 g/mol. The number of nitrogens with zero attached hydrogens (tertiary/aromatic N) is 1. The lowest BCUT2D eigenvalue weighted by atomic mass is 10.1. The lowest BCUT2D eigenvalue weighted by Gasteiger charge is -2.13. The minimum absolute atomic E-state index is 0.0717. The number of nitrogens with one attached hydrogen (secondary N) is 4. The Morgan fingerprint density at radius 2 is 1.79 bits per heavy atom. The molecule has 1 aromatic carbocycles. The van der Waals surface area contributed by atoms with E-state index < -0.39 is 0 Å². The summed E-state index contributed by atoms with van der Waals surface area (Å²) in [4.78, 5) is 24.1. The van der Waals surface area contributed by atoms with Crippen LogP contribution in [0.15, 0.2) is 24.3 Å². The maximum atomic E-state index is 12.4. The fourth-order valence-corrected chi connectivity index (χ4v) is 2.83. The first kappa shape index (κ1) is 14.9. The van der Waals surface area contributed by atoms with Gasteiger partial charge in [0.05, 0.1) is 0 Å². The predicted octanol–water partition coefficient (Wildman–Crippen LogP) is 1.66. The lowest BCUT2D eigenvalue weighted by molar-refractivity contribution is -0.117. The second-order valence-electron chi connectivity index (χ2n) is 6.25. The molecule has 4 rings (SSSR count). The number of hydrogen-bond acceptors (Lipinski definition) is 4. The van der Waals surface area contributed by atoms with E-state index in [1.165, 1.54) is 0 Å². The van der Waals surface area contributed by atoms with Gasteiger partial charge in [-0.15, -0.1) is 0 Å². The Bertz CT molecular complexity index is 777. The van der Waals surface area contributed by atoms with Crippen molar-refractivity contribution in [1.82, 2.24) is 15.5 Å². The number of hydrogen-bond donors (Lipinski definition) is 4. The Morgan fingerprint density at radius 3 is 2.50 bits per heavy atom. The van der Waals surface area contributed by atoms with Crippen LogP contribution in [0.4, 0.5) is 11.4 Å². The van der Waals surface area contributed by atoms with Gasteiger partial charge in [-0.2, -0.15) is 5.10 Å². The van der Waals surface area contributed by atoms with Crippen LogP contribution in [0.1, 0.15) is 34.6 Å². The summed E-state index contributed by atoms with van der Waals surface area (Å²) in [7, 11) is 0. The Balaban J connectivity index is 1.42. The van der Waals surface area contributed by atoms with Crippen LogP contribution < -0.4 is 16.0 Å². The molecule has 124 valence electrons. The van der Waals surface area contributed by atoms with Crippen LogP contribution in [0.3, 0.4) is 0 Å². The van der Waals surface area contributed by atoms with Gasteiger partial charge in [0, 0.05) is 48.1 Å². The minimum Gasteiger partial charge on any atom is -0.326 e. The van der Waals surface area contributed by atoms with Crippen LogP contribution in [-0.4, -0.2) is 28.6 Å². The SMILES string of the molecule is O=C(Nc1ccc(NC(=O)C2CC2)cc1)c1n[nH]c2c1CNCC2. The van der Waals surface area contributed by atoms with Gasteiger partial charge in [0.1, 0.15) is 0 Å². The van der Waals surface area contributed by atoms with Crippen molar-refractivity contribution < 1.29 is 9.59 Å². The average molecular weight is 325 g/mol. The molecule has 24 heavy (non-hydrogen) atoms. The highest BCUT2D eigenvalue weighted by Gasteiger charge is 2.29. The fraction of sp³-hybridized carbons (Fsp3) is 0.353. The lowest BCUT2D eigenvalue weighted by Crippen LogP contribution is -2.25. The van der Waals surface area contributed by atoms with Crippen LogP contribution in [0, 0.1) is 5.92 Å². The molecule has 0 unspecified atom stereocenters. The third-order valence-corrected chi connectivity index (χ3v) is 4.38. The topological polar surface area (TPSA) is 98.9 Å². The van der Waals surface area contributed by atoms with E-state index in [1.54, 1.807) is 24.3 Å². The molecule has 4 N–H and O–H groups in total. The van der Waals surface area contributed by atoms with Crippen molar-refractivity contribution >= 4 is 23.2 Å². The maximum Gasteiger partial charge on any atom is 0.276 e. The Labute approximate surface area is 139 Å². The van der Waals surface area contributed by atoms with E-state index in [0.29, 0.717) is 17.9 Å². The van der Waals surface area contributed by atoms with Gasteiger partial charge in [0.15, 0.2) is 5.69 Å². The summed E-state index contributed by atoms with van der Waals surface area (Å²) >= 11 is 0. The fourth-order valence-electron chi connectivity index (χ4n) is 2.83. The largest absolute Gasteiger partial charge is 0.326 e. The summed E-state index contributed by atoms with van der Waals surface area (Å²) in [5.41, 5.74) is 3.81.